The van der Waals surface area contributed by atoms with Gasteiger partial charge in [0.2, 0.25) is 17.8 Å². The Hall–Kier alpha value is -2.22. The Morgan fingerprint density at radius 3 is 2.04 bits per heavy atom. The predicted molar refractivity (Wildman–Crippen MR) is 107 cm³/mol. The Balaban J connectivity index is 1.56. The third-order valence-corrected chi connectivity index (χ3v) is 5.60. The number of rotatable bonds is 5. The van der Waals surface area contributed by atoms with Gasteiger partial charge in [-0.05, 0) is 50.0 Å². The molecular formula is C18H25N7S. The lowest BCUT2D eigenvalue weighted by Gasteiger charge is -2.30. The SMILES string of the molecule is C(=NNc1nc(N2CCCCC2)nc(N2CCCCC2)n1)c1cccs1. The molecule has 0 amide bonds. The van der Waals surface area contributed by atoms with Crippen molar-refractivity contribution >= 4 is 35.4 Å². The van der Waals surface area contributed by atoms with Crippen molar-refractivity contribution in [2.24, 2.45) is 5.10 Å². The van der Waals surface area contributed by atoms with Gasteiger partial charge in [-0.15, -0.1) is 11.3 Å². The smallest absolute Gasteiger partial charge is 0.250 e. The maximum atomic E-state index is 4.78. The van der Waals surface area contributed by atoms with E-state index in [1.807, 2.05) is 17.5 Å². The minimum Gasteiger partial charge on any atom is -0.341 e. The standard InChI is InChI=1S/C18H25N7S/c1-3-9-24(10-4-1)17-20-16(23-19-14-15-8-7-13-26-15)21-18(22-17)25-11-5-2-6-12-25/h7-8,13-14H,1-6,9-12H2,(H,20,21,22,23). The first-order chi connectivity index (χ1) is 12.9. The average molecular weight is 372 g/mol. The number of hydrogen-bond donors (Lipinski definition) is 1. The summed E-state index contributed by atoms with van der Waals surface area (Å²) in [6, 6.07) is 4.04. The molecule has 0 aliphatic carbocycles. The Morgan fingerprint density at radius 2 is 1.50 bits per heavy atom. The van der Waals surface area contributed by atoms with Crippen molar-refractivity contribution in [3.63, 3.8) is 0 Å². The van der Waals surface area contributed by atoms with Gasteiger partial charge >= 0.3 is 0 Å². The molecule has 1 N–H and O–H groups in total. The topological polar surface area (TPSA) is 69.5 Å². The summed E-state index contributed by atoms with van der Waals surface area (Å²) in [5.74, 6) is 2.07. The lowest BCUT2D eigenvalue weighted by Crippen LogP contribution is -2.34. The molecule has 0 radical (unpaired) electrons. The molecule has 2 saturated heterocycles. The van der Waals surface area contributed by atoms with Crippen LogP contribution in [0.1, 0.15) is 43.4 Å². The summed E-state index contributed by atoms with van der Waals surface area (Å²) >= 11 is 1.65. The molecule has 0 unspecified atom stereocenters. The van der Waals surface area contributed by atoms with Gasteiger partial charge in [0.1, 0.15) is 0 Å². The molecular weight excluding hydrogens is 346 g/mol. The zero-order valence-electron chi connectivity index (χ0n) is 15.0. The number of piperidine rings is 2. The van der Waals surface area contributed by atoms with Crippen LogP contribution < -0.4 is 15.2 Å². The van der Waals surface area contributed by atoms with Gasteiger partial charge < -0.3 is 9.80 Å². The van der Waals surface area contributed by atoms with Crippen LogP contribution in [-0.4, -0.2) is 47.3 Å². The summed E-state index contributed by atoms with van der Waals surface area (Å²) in [6.07, 6.45) is 9.17. The van der Waals surface area contributed by atoms with Crippen molar-refractivity contribution in [1.82, 2.24) is 15.0 Å². The van der Waals surface area contributed by atoms with Crippen molar-refractivity contribution in [2.45, 2.75) is 38.5 Å². The van der Waals surface area contributed by atoms with Gasteiger partial charge in [0, 0.05) is 31.1 Å². The fourth-order valence-electron chi connectivity index (χ4n) is 3.39. The second kappa shape index (κ2) is 8.44. The summed E-state index contributed by atoms with van der Waals surface area (Å²) in [5, 5.41) is 6.34. The monoisotopic (exact) mass is 371 g/mol. The molecule has 8 heteroatoms. The maximum absolute atomic E-state index is 4.78. The van der Waals surface area contributed by atoms with E-state index >= 15 is 0 Å². The number of anilines is 3. The van der Waals surface area contributed by atoms with E-state index in [1.54, 1.807) is 17.6 Å². The summed E-state index contributed by atoms with van der Waals surface area (Å²) in [6.45, 7) is 4.06. The molecule has 0 atom stereocenters. The molecule has 2 aromatic heterocycles. The highest BCUT2D eigenvalue weighted by molar-refractivity contribution is 7.11. The summed E-state index contributed by atoms with van der Waals surface area (Å²) in [7, 11) is 0. The highest BCUT2D eigenvalue weighted by atomic mass is 32.1. The number of hydrogen-bond acceptors (Lipinski definition) is 8. The normalized spacial score (nSPS) is 18.5. The molecule has 4 rings (SSSR count). The molecule has 2 aliphatic rings. The molecule has 138 valence electrons. The van der Waals surface area contributed by atoms with E-state index in [4.69, 9.17) is 4.98 Å². The van der Waals surface area contributed by atoms with E-state index in [-0.39, 0.29) is 0 Å². The molecule has 26 heavy (non-hydrogen) atoms. The van der Waals surface area contributed by atoms with Crippen LogP contribution in [0.2, 0.25) is 0 Å². The average Bonchev–Trinajstić information content (AvgIpc) is 3.23. The maximum Gasteiger partial charge on any atom is 0.250 e. The van der Waals surface area contributed by atoms with E-state index in [2.05, 4.69) is 30.3 Å². The van der Waals surface area contributed by atoms with Crippen LogP contribution in [-0.2, 0) is 0 Å². The van der Waals surface area contributed by atoms with E-state index in [0.29, 0.717) is 5.95 Å². The van der Waals surface area contributed by atoms with Crippen LogP contribution in [0.5, 0.6) is 0 Å². The van der Waals surface area contributed by atoms with Gasteiger partial charge in [-0.2, -0.15) is 20.1 Å². The van der Waals surface area contributed by atoms with Gasteiger partial charge in [-0.3, -0.25) is 0 Å². The van der Waals surface area contributed by atoms with Crippen LogP contribution in [0.3, 0.4) is 0 Å². The quantitative estimate of drug-likeness (QED) is 0.642. The van der Waals surface area contributed by atoms with E-state index < -0.39 is 0 Å². The van der Waals surface area contributed by atoms with E-state index in [0.717, 1.165) is 43.0 Å². The van der Waals surface area contributed by atoms with E-state index in [1.165, 1.54) is 38.5 Å². The highest BCUT2D eigenvalue weighted by Crippen LogP contribution is 2.22. The lowest BCUT2D eigenvalue weighted by molar-refractivity contribution is 0.556. The first-order valence-corrected chi connectivity index (χ1v) is 10.3. The van der Waals surface area contributed by atoms with Crippen LogP contribution in [0.4, 0.5) is 17.8 Å². The number of hydrazone groups is 1. The Morgan fingerprint density at radius 1 is 0.885 bits per heavy atom. The molecule has 0 bridgehead atoms. The van der Waals surface area contributed by atoms with Crippen molar-refractivity contribution in [3.05, 3.63) is 22.4 Å². The molecule has 2 fully saturated rings. The third kappa shape index (κ3) is 4.30. The van der Waals surface area contributed by atoms with Gasteiger partial charge in [0.05, 0.1) is 6.21 Å². The summed E-state index contributed by atoms with van der Waals surface area (Å²) in [5.41, 5.74) is 3.00. The number of aromatic nitrogens is 3. The zero-order valence-corrected chi connectivity index (χ0v) is 15.8. The summed E-state index contributed by atoms with van der Waals surface area (Å²) < 4.78 is 0. The molecule has 4 heterocycles. The van der Waals surface area contributed by atoms with Crippen molar-refractivity contribution in [2.75, 3.05) is 41.4 Å². The Bertz CT molecular complexity index is 683. The molecule has 7 nitrogen and oxygen atoms in total. The summed E-state index contributed by atoms with van der Waals surface area (Å²) in [4.78, 5) is 19.7. The largest absolute Gasteiger partial charge is 0.341 e. The second-order valence-electron chi connectivity index (χ2n) is 6.74. The fourth-order valence-corrected chi connectivity index (χ4v) is 3.98. The van der Waals surface area contributed by atoms with Crippen LogP contribution in [0.15, 0.2) is 22.6 Å². The van der Waals surface area contributed by atoms with Crippen molar-refractivity contribution < 1.29 is 0 Å². The van der Waals surface area contributed by atoms with Gasteiger partial charge in [-0.1, -0.05) is 6.07 Å². The molecule has 2 aliphatic heterocycles. The van der Waals surface area contributed by atoms with E-state index in [9.17, 15) is 0 Å². The number of thiophene rings is 1. The molecule has 0 aromatic carbocycles. The van der Waals surface area contributed by atoms with Gasteiger partial charge in [0.25, 0.3) is 0 Å². The third-order valence-electron chi connectivity index (χ3n) is 4.79. The number of nitrogens with one attached hydrogen (secondary N) is 1. The van der Waals surface area contributed by atoms with Crippen LogP contribution in [0, 0.1) is 0 Å². The van der Waals surface area contributed by atoms with Crippen molar-refractivity contribution in [3.8, 4) is 0 Å². The zero-order chi connectivity index (χ0) is 17.6. The molecule has 0 saturated carbocycles. The Labute approximate surface area is 158 Å². The predicted octanol–water partition coefficient (Wildman–Crippen LogP) is 3.36. The van der Waals surface area contributed by atoms with Gasteiger partial charge in [0.15, 0.2) is 0 Å². The van der Waals surface area contributed by atoms with Crippen LogP contribution >= 0.6 is 11.3 Å². The second-order valence-corrected chi connectivity index (χ2v) is 7.72. The van der Waals surface area contributed by atoms with Crippen molar-refractivity contribution in [1.29, 1.82) is 0 Å². The van der Waals surface area contributed by atoms with Crippen LogP contribution in [0.25, 0.3) is 0 Å². The molecule has 0 spiro atoms. The first kappa shape index (κ1) is 17.2. The molecule has 2 aromatic rings. The minimum atomic E-state index is 0.522. The fraction of sp³-hybridized carbons (Fsp3) is 0.556. The lowest BCUT2D eigenvalue weighted by atomic mass is 10.1. The highest BCUT2D eigenvalue weighted by Gasteiger charge is 2.20. The minimum absolute atomic E-state index is 0.522. The number of nitrogens with zero attached hydrogens (tertiary/aromatic N) is 6. The Kier molecular flexibility index (Phi) is 5.59. The first-order valence-electron chi connectivity index (χ1n) is 9.47. The van der Waals surface area contributed by atoms with Gasteiger partial charge in [-0.25, -0.2) is 5.43 Å².